The summed E-state index contributed by atoms with van der Waals surface area (Å²) in [5.41, 5.74) is 1.67. The molecule has 1 aromatic carbocycles. The molecule has 1 aliphatic heterocycles. The van der Waals surface area contributed by atoms with Crippen LogP contribution in [0, 0.1) is 0 Å². The molecular formula is C19H25ClN4O. The molecule has 6 heteroatoms. The second-order valence-corrected chi connectivity index (χ2v) is 7.21. The summed E-state index contributed by atoms with van der Waals surface area (Å²) in [5, 5.41) is 8.63. The van der Waals surface area contributed by atoms with Crippen LogP contribution in [0.3, 0.4) is 0 Å². The van der Waals surface area contributed by atoms with Crippen molar-refractivity contribution in [3.63, 3.8) is 0 Å². The average Bonchev–Trinajstić information content (AvgIpc) is 3.13. The van der Waals surface area contributed by atoms with Crippen molar-refractivity contribution in [3.8, 4) is 0 Å². The predicted molar refractivity (Wildman–Crippen MR) is 100 cm³/mol. The summed E-state index contributed by atoms with van der Waals surface area (Å²) in [6, 6.07) is 10.0. The van der Waals surface area contributed by atoms with Crippen molar-refractivity contribution in [2.75, 3.05) is 20.1 Å². The van der Waals surface area contributed by atoms with E-state index in [1.54, 1.807) is 4.90 Å². The normalized spacial score (nSPS) is 18.8. The van der Waals surface area contributed by atoms with E-state index in [0.717, 1.165) is 42.9 Å². The van der Waals surface area contributed by atoms with Gasteiger partial charge < -0.3 is 10.2 Å². The van der Waals surface area contributed by atoms with Gasteiger partial charge in [-0.15, -0.1) is 0 Å². The number of hydrogen-bond acceptors (Lipinski definition) is 3. The minimum Gasteiger partial charge on any atom is -0.337 e. The molecule has 25 heavy (non-hydrogen) atoms. The van der Waals surface area contributed by atoms with Crippen LogP contribution in [0.1, 0.15) is 41.9 Å². The molecule has 3 rings (SSSR count). The molecule has 1 aliphatic rings. The summed E-state index contributed by atoms with van der Waals surface area (Å²) in [6.45, 7) is 4.03. The van der Waals surface area contributed by atoms with Gasteiger partial charge in [0.05, 0.1) is 6.04 Å². The molecule has 1 fully saturated rings. The van der Waals surface area contributed by atoms with E-state index in [2.05, 4.69) is 17.3 Å². The number of carbonyl (C=O) groups is 1. The highest BCUT2D eigenvalue weighted by molar-refractivity contribution is 6.30. The van der Waals surface area contributed by atoms with Crippen LogP contribution in [0.2, 0.25) is 5.02 Å². The Hall–Kier alpha value is -1.85. The molecule has 0 radical (unpaired) electrons. The molecule has 1 aromatic heterocycles. The van der Waals surface area contributed by atoms with Gasteiger partial charge in [0.25, 0.3) is 5.91 Å². The van der Waals surface area contributed by atoms with Gasteiger partial charge in [-0.05, 0) is 56.5 Å². The summed E-state index contributed by atoms with van der Waals surface area (Å²) in [4.78, 5) is 14.5. The molecule has 2 aromatic rings. The highest BCUT2D eigenvalue weighted by Crippen LogP contribution is 2.17. The number of rotatable bonds is 5. The maximum Gasteiger partial charge on any atom is 0.274 e. The third kappa shape index (κ3) is 4.41. The van der Waals surface area contributed by atoms with Crippen molar-refractivity contribution in [3.05, 3.63) is 52.8 Å². The Morgan fingerprint density at radius 1 is 1.40 bits per heavy atom. The average molecular weight is 361 g/mol. The van der Waals surface area contributed by atoms with Gasteiger partial charge in [-0.3, -0.25) is 9.48 Å². The molecule has 5 nitrogen and oxygen atoms in total. The molecule has 1 N–H and O–H groups in total. The van der Waals surface area contributed by atoms with Crippen LogP contribution >= 0.6 is 11.6 Å². The van der Waals surface area contributed by atoms with E-state index >= 15 is 0 Å². The zero-order valence-corrected chi connectivity index (χ0v) is 15.5. The van der Waals surface area contributed by atoms with Gasteiger partial charge in [0.15, 0.2) is 0 Å². The lowest BCUT2D eigenvalue weighted by Crippen LogP contribution is -2.37. The topological polar surface area (TPSA) is 50.2 Å². The van der Waals surface area contributed by atoms with Crippen LogP contribution in [0.15, 0.2) is 36.5 Å². The van der Waals surface area contributed by atoms with E-state index < -0.39 is 0 Å². The Labute approximate surface area is 154 Å². The molecule has 2 unspecified atom stereocenters. The van der Waals surface area contributed by atoms with Gasteiger partial charge in [-0.25, -0.2) is 0 Å². The maximum absolute atomic E-state index is 12.7. The van der Waals surface area contributed by atoms with E-state index in [-0.39, 0.29) is 11.9 Å². The summed E-state index contributed by atoms with van der Waals surface area (Å²) in [6.07, 6.45) is 4.95. The number of nitrogens with one attached hydrogen (secondary N) is 1. The largest absolute Gasteiger partial charge is 0.337 e. The first-order valence-electron chi connectivity index (χ1n) is 8.82. The van der Waals surface area contributed by atoms with Gasteiger partial charge in [0.2, 0.25) is 0 Å². The van der Waals surface area contributed by atoms with Crippen molar-refractivity contribution in [2.45, 2.75) is 38.3 Å². The second-order valence-electron chi connectivity index (χ2n) is 6.78. The second kappa shape index (κ2) is 8.02. The first kappa shape index (κ1) is 18.0. The molecule has 0 spiro atoms. The van der Waals surface area contributed by atoms with Crippen molar-refractivity contribution >= 4 is 17.5 Å². The molecule has 134 valence electrons. The van der Waals surface area contributed by atoms with Crippen LogP contribution in [-0.4, -0.2) is 46.8 Å². The minimum absolute atomic E-state index is 0.0380. The lowest BCUT2D eigenvalue weighted by molar-refractivity contribution is 0.0736. The molecule has 0 aliphatic carbocycles. The van der Waals surface area contributed by atoms with E-state index in [9.17, 15) is 4.79 Å². The lowest BCUT2D eigenvalue weighted by Gasteiger charge is -2.25. The maximum atomic E-state index is 12.7. The zero-order chi connectivity index (χ0) is 17.8. The molecule has 1 saturated heterocycles. The Kier molecular flexibility index (Phi) is 5.76. The Balaban J connectivity index is 1.63. The fraction of sp³-hybridized carbons (Fsp3) is 0.474. The zero-order valence-electron chi connectivity index (χ0n) is 14.8. The third-order valence-electron chi connectivity index (χ3n) is 4.90. The Bertz CT molecular complexity index is 706. The summed E-state index contributed by atoms with van der Waals surface area (Å²) >= 11 is 5.93. The summed E-state index contributed by atoms with van der Waals surface area (Å²) < 4.78 is 1.93. The summed E-state index contributed by atoms with van der Waals surface area (Å²) in [5.74, 6) is -0.0380. The number of aromatic nitrogens is 2. The predicted octanol–water partition coefficient (Wildman–Crippen LogP) is 3.16. The number of benzene rings is 1. The van der Waals surface area contributed by atoms with Gasteiger partial charge in [-0.2, -0.15) is 5.10 Å². The number of nitrogens with zero attached hydrogens (tertiary/aromatic N) is 3. The standard InChI is InChI=1S/C19H25ClN4O/c1-14(12-15-5-7-16(20)8-6-15)23(2)19(25)18-9-11-24(22-18)17-4-3-10-21-13-17/h5-9,11,14,17,21H,3-4,10,12-13H2,1-2H3. The first-order valence-corrected chi connectivity index (χ1v) is 9.20. The van der Waals surface area contributed by atoms with E-state index in [1.165, 1.54) is 0 Å². The van der Waals surface area contributed by atoms with E-state index in [1.807, 2.05) is 48.3 Å². The highest BCUT2D eigenvalue weighted by Gasteiger charge is 2.22. The number of piperidine rings is 1. The highest BCUT2D eigenvalue weighted by atomic mass is 35.5. The molecule has 1 amide bonds. The van der Waals surface area contributed by atoms with Gasteiger partial charge in [0, 0.05) is 30.9 Å². The molecule has 2 atom stereocenters. The number of likely N-dealkylation sites (N-methyl/N-ethyl adjacent to an activating group) is 1. The quantitative estimate of drug-likeness (QED) is 0.891. The fourth-order valence-electron chi connectivity index (χ4n) is 3.19. The van der Waals surface area contributed by atoms with E-state index in [0.29, 0.717) is 11.7 Å². The number of carbonyl (C=O) groups excluding carboxylic acids is 1. The number of hydrogen-bond donors (Lipinski definition) is 1. The van der Waals surface area contributed by atoms with Crippen LogP contribution in [0.4, 0.5) is 0 Å². The Morgan fingerprint density at radius 3 is 2.84 bits per heavy atom. The van der Waals surface area contributed by atoms with Gasteiger partial charge in [-0.1, -0.05) is 23.7 Å². The molecule has 2 heterocycles. The van der Waals surface area contributed by atoms with Crippen molar-refractivity contribution < 1.29 is 4.79 Å². The van der Waals surface area contributed by atoms with Crippen LogP contribution in [0.5, 0.6) is 0 Å². The number of amides is 1. The molecule has 0 saturated carbocycles. The van der Waals surface area contributed by atoms with Gasteiger partial charge >= 0.3 is 0 Å². The number of halogens is 1. The van der Waals surface area contributed by atoms with Crippen LogP contribution in [0.25, 0.3) is 0 Å². The van der Waals surface area contributed by atoms with E-state index in [4.69, 9.17) is 11.6 Å². The monoisotopic (exact) mass is 360 g/mol. The van der Waals surface area contributed by atoms with Crippen molar-refractivity contribution in [2.24, 2.45) is 0 Å². The first-order chi connectivity index (χ1) is 12.0. The lowest BCUT2D eigenvalue weighted by atomic mass is 10.1. The van der Waals surface area contributed by atoms with Crippen LogP contribution in [-0.2, 0) is 6.42 Å². The van der Waals surface area contributed by atoms with Crippen LogP contribution < -0.4 is 5.32 Å². The fourth-order valence-corrected chi connectivity index (χ4v) is 3.32. The molecule has 0 bridgehead atoms. The third-order valence-corrected chi connectivity index (χ3v) is 5.15. The van der Waals surface area contributed by atoms with Crippen molar-refractivity contribution in [1.29, 1.82) is 0 Å². The minimum atomic E-state index is -0.0380. The Morgan fingerprint density at radius 2 is 2.16 bits per heavy atom. The molecular weight excluding hydrogens is 336 g/mol. The smallest absolute Gasteiger partial charge is 0.274 e. The summed E-state index contributed by atoms with van der Waals surface area (Å²) in [7, 11) is 1.84. The van der Waals surface area contributed by atoms with Gasteiger partial charge in [0.1, 0.15) is 5.69 Å². The van der Waals surface area contributed by atoms with Crippen molar-refractivity contribution in [1.82, 2.24) is 20.0 Å². The SMILES string of the molecule is CC(Cc1ccc(Cl)cc1)N(C)C(=O)c1ccn(C2CCCNC2)n1.